The highest BCUT2D eigenvalue weighted by atomic mass is 16.3. The average molecular weight is 222 g/mol. The van der Waals surface area contributed by atoms with E-state index in [1.54, 1.807) is 0 Å². The first-order valence-electron chi connectivity index (χ1n) is 6.68. The summed E-state index contributed by atoms with van der Waals surface area (Å²) in [5, 5.41) is 10.00. The fourth-order valence-electron chi connectivity index (χ4n) is 2.30. The standard InChI is InChI=1S/C15H26O/c1-12-10-8-6-4-5-7-9-11-15(16)14(3)13(12)2/h16H,4-11H2,1-3H3/b13-12-,15-14-. The average Bonchev–Trinajstić information content (AvgIpc) is 2.28. The van der Waals surface area contributed by atoms with Gasteiger partial charge in [0.05, 0.1) is 5.76 Å². The Labute approximate surface area is 100 Å². The van der Waals surface area contributed by atoms with Crippen molar-refractivity contribution in [3.8, 4) is 0 Å². The van der Waals surface area contributed by atoms with Gasteiger partial charge in [0, 0.05) is 6.42 Å². The maximum atomic E-state index is 10.00. The van der Waals surface area contributed by atoms with Crippen LogP contribution in [0.1, 0.15) is 72.1 Å². The highest BCUT2D eigenvalue weighted by Gasteiger charge is 2.07. The van der Waals surface area contributed by atoms with Crippen LogP contribution < -0.4 is 0 Å². The zero-order valence-electron chi connectivity index (χ0n) is 11.1. The summed E-state index contributed by atoms with van der Waals surface area (Å²) in [6.45, 7) is 6.41. The zero-order valence-corrected chi connectivity index (χ0v) is 11.1. The SMILES string of the molecule is C/C1=C(C)/C(C)=C(\O)CCCCCCCC1. The second kappa shape index (κ2) is 6.78. The molecule has 1 N–H and O–H groups in total. The van der Waals surface area contributed by atoms with E-state index in [0.29, 0.717) is 5.76 Å². The van der Waals surface area contributed by atoms with Crippen LogP contribution in [0.4, 0.5) is 0 Å². The Morgan fingerprint density at radius 3 is 1.81 bits per heavy atom. The number of aliphatic hydroxyl groups excluding tert-OH is 1. The molecule has 0 aromatic rings. The molecule has 0 saturated carbocycles. The summed E-state index contributed by atoms with van der Waals surface area (Å²) in [7, 11) is 0. The Morgan fingerprint density at radius 2 is 1.19 bits per heavy atom. The highest BCUT2D eigenvalue weighted by Crippen LogP contribution is 2.24. The topological polar surface area (TPSA) is 20.2 Å². The number of hydrogen-bond acceptors (Lipinski definition) is 1. The number of hydrogen-bond donors (Lipinski definition) is 1. The van der Waals surface area contributed by atoms with Crippen LogP contribution in [0.25, 0.3) is 0 Å². The molecule has 0 heterocycles. The van der Waals surface area contributed by atoms with Crippen LogP contribution in [0.3, 0.4) is 0 Å². The molecule has 0 saturated heterocycles. The minimum Gasteiger partial charge on any atom is -0.512 e. The zero-order chi connectivity index (χ0) is 12.0. The van der Waals surface area contributed by atoms with Gasteiger partial charge in [0.25, 0.3) is 0 Å². The van der Waals surface area contributed by atoms with Crippen LogP contribution in [0.5, 0.6) is 0 Å². The van der Waals surface area contributed by atoms with Crippen molar-refractivity contribution < 1.29 is 5.11 Å². The van der Waals surface area contributed by atoms with Crippen molar-refractivity contribution in [2.24, 2.45) is 0 Å². The van der Waals surface area contributed by atoms with Gasteiger partial charge in [0.15, 0.2) is 0 Å². The van der Waals surface area contributed by atoms with Gasteiger partial charge in [-0.3, -0.25) is 0 Å². The Kier molecular flexibility index (Phi) is 5.65. The lowest BCUT2D eigenvalue weighted by Gasteiger charge is -2.13. The van der Waals surface area contributed by atoms with Gasteiger partial charge >= 0.3 is 0 Å². The molecule has 0 unspecified atom stereocenters. The van der Waals surface area contributed by atoms with Crippen LogP contribution in [0, 0.1) is 0 Å². The molecule has 0 amide bonds. The molecule has 0 aromatic carbocycles. The van der Waals surface area contributed by atoms with Crippen molar-refractivity contribution in [3.05, 3.63) is 22.5 Å². The summed E-state index contributed by atoms with van der Waals surface area (Å²) in [5.74, 6) is 0.609. The van der Waals surface area contributed by atoms with Crippen LogP contribution in [0.15, 0.2) is 22.5 Å². The molecule has 0 atom stereocenters. The van der Waals surface area contributed by atoms with Crippen molar-refractivity contribution in [1.82, 2.24) is 0 Å². The predicted molar refractivity (Wildman–Crippen MR) is 70.6 cm³/mol. The second-order valence-electron chi connectivity index (χ2n) is 5.10. The molecule has 0 fully saturated rings. The summed E-state index contributed by atoms with van der Waals surface area (Å²) in [6, 6.07) is 0. The van der Waals surface area contributed by atoms with E-state index in [1.165, 1.54) is 49.7 Å². The third kappa shape index (κ3) is 4.03. The van der Waals surface area contributed by atoms with Crippen molar-refractivity contribution in [1.29, 1.82) is 0 Å². The molecule has 0 spiro atoms. The summed E-state index contributed by atoms with van der Waals surface area (Å²) in [5.41, 5.74) is 3.86. The minimum atomic E-state index is 0.609. The fraction of sp³-hybridized carbons (Fsp3) is 0.733. The van der Waals surface area contributed by atoms with Crippen molar-refractivity contribution in [3.63, 3.8) is 0 Å². The molecule has 0 radical (unpaired) electrons. The molecule has 92 valence electrons. The second-order valence-corrected chi connectivity index (χ2v) is 5.10. The quantitative estimate of drug-likeness (QED) is 0.590. The van der Waals surface area contributed by atoms with E-state index in [9.17, 15) is 5.11 Å². The summed E-state index contributed by atoms with van der Waals surface area (Å²) in [6.07, 6.45) is 9.79. The minimum absolute atomic E-state index is 0.609. The van der Waals surface area contributed by atoms with Crippen molar-refractivity contribution in [2.45, 2.75) is 72.1 Å². The first-order chi connectivity index (χ1) is 7.63. The lowest BCUT2D eigenvalue weighted by atomic mass is 9.95. The first-order valence-corrected chi connectivity index (χ1v) is 6.68. The lowest BCUT2D eigenvalue weighted by Crippen LogP contribution is -1.95. The van der Waals surface area contributed by atoms with Crippen LogP contribution in [-0.2, 0) is 0 Å². The van der Waals surface area contributed by atoms with E-state index in [-0.39, 0.29) is 0 Å². The molecule has 16 heavy (non-hydrogen) atoms. The predicted octanol–water partition coefficient (Wildman–Crippen LogP) is 5.29. The first kappa shape index (κ1) is 13.3. The summed E-state index contributed by atoms with van der Waals surface area (Å²) < 4.78 is 0. The Bertz CT molecular complexity index is 254. The third-order valence-electron chi connectivity index (χ3n) is 3.85. The molecule has 1 aliphatic carbocycles. The van der Waals surface area contributed by atoms with Crippen LogP contribution in [0.2, 0.25) is 0 Å². The van der Waals surface area contributed by atoms with Crippen LogP contribution >= 0.6 is 0 Å². The third-order valence-corrected chi connectivity index (χ3v) is 3.85. The molecular formula is C15H26O. The molecule has 1 heteroatoms. The van der Waals surface area contributed by atoms with Gasteiger partial charge in [-0.25, -0.2) is 0 Å². The molecule has 1 nitrogen and oxygen atoms in total. The van der Waals surface area contributed by atoms with E-state index in [4.69, 9.17) is 0 Å². The van der Waals surface area contributed by atoms with Crippen molar-refractivity contribution >= 4 is 0 Å². The summed E-state index contributed by atoms with van der Waals surface area (Å²) >= 11 is 0. The molecule has 0 aliphatic heterocycles. The van der Waals surface area contributed by atoms with Crippen LogP contribution in [-0.4, -0.2) is 5.11 Å². The van der Waals surface area contributed by atoms with E-state index in [1.807, 2.05) is 0 Å². The monoisotopic (exact) mass is 222 g/mol. The Balaban J connectivity index is 2.80. The van der Waals surface area contributed by atoms with Gasteiger partial charge in [-0.05, 0) is 51.2 Å². The highest BCUT2D eigenvalue weighted by molar-refractivity contribution is 5.33. The maximum Gasteiger partial charge on any atom is 0.0954 e. The number of aliphatic hydroxyl groups is 1. The van der Waals surface area contributed by atoms with E-state index < -0.39 is 0 Å². The van der Waals surface area contributed by atoms with Gasteiger partial charge < -0.3 is 5.11 Å². The fourth-order valence-corrected chi connectivity index (χ4v) is 2.30. The molecule has 1 aliphatic rings. The van der Waals surface area contributed by atoms with E-state index >= 15 is 0 Å². The Hall–Kier alpha value is -0.720. The van der Waals surface area contributed by atoms with Crippen molar-refractivity contribution in [2.75, 3.05) is 0 Å². The van der Waals surface area contributed by atoms with E-state index in [2.05, 4.69) is 20.8 Å². The van der Waals surface area contributed by atoms with Gasteiger partial charge in [-0.1, -0.05) is 31.3 Å². The van der Waals surface area contributed by atoms with Gasteiger partial charge in [0.2, 0.25) is 0 Å². The molecule has 1 rings (SSSR count). The molecule has 0 aromatic heterocycles. The molecular weight excluding hydrogens is 196 g/mol. The molecule has 0 bridgehead atoms. The number of rotatable bonds is 0. The smallest absolute Gasteiger partial charge is 0.0954 e. The van der Waals surface area contributed by atoms with E-state index in [0.717, 1.165) is 18.4 Å². The van der Waals surface area contributed by atoms with Gasteiger partial charge in [0.1, 0.15) is 0 Å². The lowest BCUT2D eigenvalue weighted by molar-refractivity contribution is 0.373. The summed E-state index contributed by atoms with van der Waals surface area (Å²) in [4.78, 5) is 0. The maximum absolute atomic E-state index is 10.00. The largest absolute Gasteiger partial charge is 0.512 e. The number of allylic oxidation sites excluding steroid dienone is 4. The van der Waals surface area contributed by atoms with Gasteiger partial charge in [-0.15, -0.1) is 0 Å². The Morgan fingerprint density at radius 1 is 0.688 bits per heavy atom. The van der Waals surface area contributed by atoms with Gasteiger partial charge in [-0.2, -0.15) is 0 Å². The normalized spacial score (nSPS) is 30.7.